The van der Waals surface area contributed by atoms with Crippen LogP contribution in [0.3, 0.4) is 0 Å². The lowest BCUT2D eigenvalue weighted by Crippen LogP contribution is -2.42. The van der Waals surface area contributed by atoms with Crippen molar-refractivity contribution in [2.75, 3.05) is 26.2 Å². The first-order valence-electron chi connectivity index (χ1n) is 6.70. The SMILES string of the molecule is N#CC1(c2ccccc2)CCN(CCCN)CC1. The highest BCUT2D eigenvalue weighted by Crippen LogP contribution is 2.34. The van der Waals surface area contributed by atoms with Crippen molar-refractivity contribution < 1.29 is 0 Å². The van der Waals surface area contributed by atoms with Crippen molar-refractivity contribution in [2.45, 2.75) is 24.7 Å². The number of hydrogen-bond donors (Lipinski definition) is 1. The molecule has 96 valence electrons. The number of piperidine rings is 1. The minimum absolute atomic E-state index is 0.277. The van der Waals surface area contributed by atoms with E-state index < -0.39 is 0 Å². The van der Waals surface area contributed by atoms with Gasteiger partial charge in [-0.3, -0.25) is 0 Å². The molecule has 1 aromatic rings. The number of rotatable bonds is 4. The molecule has 0 atom stereocenters. The highest BCUT2D eigenvalue weighted by atomic mass is 15.1. The number of nitrogens with two attached hydrogens (primary N) is 1. The number of nitriles is 1. The van der Waals surface area contributed by atoms with Gasteiger partial charge in [0.15, 0.2) is 0 Å². The molecule has 3 nitrogen and oxygen atoms in total. The summed E-state index contributed by atoms with van der Waals surface area (Å²) in [6, 6.07) is 12.8. The van der Waals surface area contributed by atoms with Gasteiger partial charge in [0, 0.05) is 0 Å². The number of nitrogens with zero attached hydrogens (tertiary/aromatic N) is 2. The molecule has 0 bridgehead atoms. The van der Waals surface area contributed by atoms with E-state index in [-0.39, 0.29) is 5.41 Å². The Morgan fingerprint density at radius 2 is 1.89 bits per heavy atom. The number of hydrogen-bond acceptors (Lipinski definition) is 3. The predicted molar refractivity (Wildman–Crippen MR) is 73.1 cm³/mol. The zero-order chi connectivity index (χ0) is 12.8. The molecule has 1 fully saturated rings. The summed E-state index contributed by atoms with van der Waals surface area (Å²) in [5.41, 5.74) is 6.43. The Kier molecular flexibility index (Phi) is 4.35. The van der Waals surface area contributed by atoms with E-state index in [4.69, 9.17) is 5.73 Å². The smallest absolute Gasteiger partial charge is 0.0846 e. The van der Waals surface area contributed by atoms with Gasteiger partial charge in [-0.15, -0.1) is 0 Å². The molecular weight excluding hydrogens is 222 g/mol. The maximum atomic E-state index is 9.57. The van der Waals surface area contributed by atoms with Gasteiger partial charge in [0.25, 0.3) is 0 Å². The molecule has 18 heavy (non-hydrogen) atoms. The minimum Gasteiger partial charge on any atom is -0.330 e. The van der Waals surface area contributed by atoms with E-state index in [9.17, 15) is 5.26 Å². The van der Waals surface area contributed by atoms with E-state index >= 15 is 0 Å². The van der Waals surface area contributed by atoms with E-state index in [0.717, 1.165) is 45.4 Å². The van der Waals surface area contributed by atoms with Crippen LogP contribution in [0.2, 0.25) is 0 Å². The molecule has 0 aromatic heterocycles. The second kappa shape index (κ2) is 5.99. The van der Waals surface area contributed by atoms with Crippen LogP contribution in [0.1, 0.15) is 24.8 Å². The van der Waals surface area contributed by atoms with Gasteiger partial charge in [-0.05, 0) is 51.0 Å². The summed E-state index contributed by atoms with van der Waals surface area (Å²) in [6.45, 7) is 3.82. The summed E-state index contributed by atoms with van der Waals surface area (Å²) >= 11 is 0. The quantitative estimate of drug-likeness (QED) is 0.878. The van der Waals surface area contributed by atoms with Gasteiger partial charge in [-0.2, -0.15) is 5.26 Å². The van der Waals surface area contributed by atoms with Crippen LogP contribution in [-0.2, 0) is 5.41 Å². The molecular formula is C15H21N3. The predicted octanol–water partition coefficient (Wildman–Crippen LogP) is 1.89. The van der Waals surface area contributed by atoms with E-state index in [1.165, 1.54) is 5.56 Å². The Morgan fingerprint density at radius 1 is 1.22 bits per heavy atom. The van der Waals surface area contributed by atoms with Crippen LogP contribution >= 0.6 is 0 Å². The van der Waals surface area contributed by atoms with Crippen LogP contribution in [0.15, 0.2) is 30.3 Å². The first-order valence-corrected chi connectivity index (χ1v) is 6.70. The van der Waals surface area contributed by atoms with Crippen molar-refractivity contribution >= 4 is 0 Å². The van der Waals surface area contributed by atoms with Gasteiger partial charge in [0.2, 0.25) is 0 Å². The second-order valence-corrected chi connectivity index (χ2v) is 5.04. The molecule has 0 aliphatic carbocycles. The number of likely N-dealkylation sites (tertiary alicyclic amines) is 1. The lowest BCUT2D eigenvalue weighted by molar-refractivity contribution is 0.185. The molecule has 0 radical (unpaired) electrons. The van der Waals surface area contributed by atoms with Gasteiger partial charge in [-0.25, -0.2) is 0 Å². The van der Waals surface area contributed by atoms with Crippen molar-refractivity contribution in [3.8, 4) is 6.07 Å². The molecule has 1 aliphatic rings. The maximum Gasteiger partial charge on any atom is 0.0846 e. The molecule has 2 rings (SSSR count). The van der Waals surface area contributed by atoms with Crippen LogP contribution < -0.4 is 5.73 Å². The van der Waals surface area contributed by atoms with Crippen LogP contribution in [0.4, 0.5) is 0 Å². The Labute approximate surface area is 109 Å². The van der Waals surface area contributed by atoms with Gasteiger partial charge < -0.3 is 10.6 Å². The first kappa shape index (κ1) is 13.1. The third-order valence-corrected chi connectivity index (χ3v) is 3.93. The third kappa shape index (κ3) is 2.72. The summed E-state index contributed by atoms with van der Waals surface area (Å²) in [6.07, 6.45) is 2.90. The van der Waals surface area contributed by atoms with E-state index in [1.54, 1.807) is 0 Å². The van der Waals surface area contributed by atoms with E-state index in [0.29, 0.717) is 0 Å². The lowest BCUT2D eigenvalue weighted by atomic mass is 9.74. The van der Waals surface area contributed by atoms with Crippen LogP contribution in [0.25, 0.3) is 0 Å². The fourth-order valence-corrected chi connectivity index (χ4v) is 2.70. The van der Waals surface area contributed by atoms with Gasteiger partial charge in [0.1, 0.15) is 0 Å². The van der Waals surface area contributed by atoms with Crippen molar-refractivity contribution in [1.82, 2.24) is 4.90 Å². The zero-order valence-corrected chi connectivity index (χ0v) is 10.8. The monoisotopic (exact) mass is 243 g/mol. The summed E-state index contributed by atoms with van der Waals surface area (Å²) < 4.78 is 0. The topological polar surface area (TPSA) is 53.0 Å². The van der Waals surface area contributed by atoms with Crippen LogP contribution in [0.5, 0.6) is 0 Å². The molecule has 1 heterocycles. The van der Waals surface area contributed by atoms with Crippen molar-refractivity contribution in [3.63, 3.8) is 0 Å². The molecule has 2 N–H and O–H groups in total. The fraction of sp³-hybridized carbons (Fsp3) is 0.533. The van der Waals surface area contributed by atoms with Gasteiger partial charge in [0.05, 0.1) is 11.5 Å². The molecule has 1 saturated heterocycles. The molecule has 0 saturated carbocycles. The summed E-state index contributed by atoms with van der Waals surface area (Å²) in [4.78, 5) is 2.42. The minimum atomic E-state index is -0.277. The zero-order valence-electron chi connectivity index (χ0n) is 10.8. The maximum absolute atomic E-state index is 9.57. The number of benzene rings is 1. The third-order valence-electron chi connectivity index (χ3n) is 3.93. The average molecular weight is 243 g/mol. The summed E-state index contributed by atoms with van der Waals surface area (Å²) in [5, 5.41) is 9.57. The lowest BCUT2D eigenvalue weighted by Gasteiger charge is -2.37. The van der Waals surface area contributed by atoms with Gasteiger partial charge >= 0.3 is 0 Å². The fourth-order valence-electron chi connectivity index (χ4n) is 2.70. The van der Waals surface area contributed by atoms with E-state index in [2.05, 4.69) is 23.1 Å². The molecule has 0 amide bonds. The summed E-state index contributed by atoms with van der Waals surface area (Å²) in [7, 11) is 0. The van der Waals surface area contributed by atoms with Crippen LogP contribution in [0, 0.1) is 11.3 Å². The van der Waals surface area contributed by atoms with Gasteiger partial charge in [-0.1, -0.05) is 30.3 Å². The Balaban J connectivity index is 2.03. The highest BCUT2D eigenvalue weighted by Gasteiger charge is 2.35. The van der Waals surface area contributed by atoms with Crippen molar-refractivity contribution in [3.05, 3.63) is 35.9 Å². The van der Waals surface area contributed by atoms with Crippen molar-refractivity contribution in [2.24, 2.45) is 5.73 Å². The second-order valence-electron chi connectivity index (χ2n) is 5.04. The molecule has 0 unspecified atom stereocenters. The van der Waals surface area contributed by atoms with Crippen molar-refractivity contribution in [1.29, 1.82) is 5.26 Å². The van der Waals surface area contributed by atoms with E-state index in [1.807, 2.05) is 18.2 Å². The standard InChI is InChI=1S/C15H21N3/c16-9-4-10-18-11-7-15(13-17,8-12-18)14-5-2-1-3-6-14/h1-3,5-6H,4,7-12,16H2. The highest BCUT2D eigenvalue weighted by molar-refractivity contribution is 5.33. The summed E-state index contributed by atoms with van der Waals surface area (Å²) in [5.74, 6) is 0. The largest absolute Gasteiger partial charge is 0.330 e. The Morgan fingerprint density at radius 3 is 2.44 bits per heavy atom. The van der Waals surface area contributed by atoms with Crippen LogP contribution in [-0.4, -0.2) is 31.1 Å². The molecule has 1 aliphatic heterocycles. The average Bonchev–Trinajstić information content (AvgIpc) is 2.46. The Hall–Kier alpha value is -1.37. The molecule has 1 aromatic carbocycles. The Bertz CT molecular complexity index is 399. The molecule has 3 heteroatoms. The normalized spacial score (nSPS) is 19.3. The first-order chi connectivity index (χ1) is 8.80. The molecule has 0 spiro atoms.